The molecule has 1 heterocycles. The van der Waals surface area contributed by atoms with Crippen LogP contribution in [0.4, 0.5) is 5.95 Å². The molecule has 0 aliphatic heterocycles. The number of carbonyl (C=O) groups is 1. The van der Waals surface area contributed by atoms with Crippen molar-refractivity contribution in [3.8, 4) is 0 Å². The lowest BCUT2D eigenvalue weighted by Crippen LogP contribution is -2.22. The third-order valence-corrected chi connectivity index (χ3v) is 4.69. The summed E-state index contributed by atoms with van der Waals surface area (Å²) < 4.78 is 1.98. The van der Waals surface area contributed by atoms with E-state index in [1.54, 1.807) is 6.33 Å². The van der Waals surface area contributed by atoms with Crippen LogP contribution in [0.25, 0.3) is 0 Å². The van der Waals surface area contributed by atoms with Crippen LogP contribution in [0.5, 0.6) is 0 Å². The Hall–Kier alpha value is -2.17. The van der Waals surface area contributed by atoms with Gasteiger partial charge in [-0.05, 0) is 49.1 Å². The quantitative estimate of drug-likeness (QED) is 0.943. The van der Waals surface area contributed by atoms with Crippen molar-refractivity contribution in [1.82, 2.24) is 14.8 Å². The van der Waals surface area contributed by atoms with Gasteiger partial charge in [-0.1, -0.05) is 24.3 Å². The second kappa shape index (κ2) is 5.55. The Kier molecular flexibility index (Phi) is 3.41. The van der Waals surface area contributed by atoms with E-state index in [4.69, 9.17) is 0 Å². The van der Waals surface area contributed by atoms with Crippen LogP contribution < -0.4 is 5.32 Å². The van der Waals surface area contributed by atoms with Gasteiger partial charge in [0, 0.05) is 12.5 Å². The van der Waals surface area contributed by atoms with Gasteiger partial charge in [0.2, 0.25) is 11.9 Å². The maximum absolute atomic E-state index is 12.3. The van der Waals surface area contributed by atoms with E-state index in [1.807, 2.05) is 4.57 Å². The lowest BCUT2D eigenvalue weighted by atomic mass is 9.82. The van der Waals surface area contributed by atoms with E-state index < -0.39 is 0 Å². The molecule has 1 amide bonds. The van der Waals surface area contributed by atoms with Crippen LogP contribution in [-0.4, -0.2) is 20.7 Å². The number of carbonyl (C=O) groups excluding carboxylic acids is 1. The van der Waals surface area contributed by atoms with Crippen LogP contribution in [-0.2, 0) is 17.6 Å². The molecule has 22 heavy (non-hydrogen) atoms. The summed E-state index contributed by atoms with van der Waals surface area (Å²) in [5.41, 5.74) is 2.83. The number of nitrogens with one attached hydrogen (secondary N) is 1. The summed E-state index contributed by atoms with van der Waals surface area (Å²) in [6.45, 7) is 0. The van der Waals surface area contributed by atoms with E-state index in [0.29, 0.717) is 24.3 Å². The molecule has 2 aliphatic rings. The maximum atomic E-state index is 12.3. The molecule has 1 aromatic carbocycles. The predicted molar refractivity (Wildman–Crippen MR) is 83.5 cm³/mol. The zero-order valence-electron chi connectivity index (χ0n) is 12.5. The summed E-state index contributed by atoms with van der Waals surface area (Å²) in [6, 6.07) is 9.04. The Morgan fingerprint density at radius 3 is 2.86 bits per heavy atom. The summed E-state index contributed by atoms with van der Waals surface area (Å²) in [4.78, 5) is 12.3. The molecule has 114 valence electrons. The first-order valence-electron chi connectivity index (χ1n) is 8.06. The van der Waals surface area contributed by atoms with E-state index in [2.05, 4.69) is 39.8 Å². The molecule has 4 rings (SSSR count). The molecule has 5 heteroatoms. The fraction of sp³-hybridized carbons (Fsp3) is 0.471. The Labute approximate surface area is 129 Å². The number of amides is 1. The first kappa shape index (κ1) is 13.5. The average Bonchev–Trinajstić information content (AvgIpc) is 3.27. The molecule has 1 aromatic heterocycles. The molecular formula is C17H20N4O. The first-order chi connectivity index (χ1) is 10.8. The largest absolute Gasteiger partial charge is 0.297 e. The van der Waals surface area contributed by atoms with Gasteiger partial charge in [-0.15, -0.1) is 10.2 Å². The molecule has 5 nitrogen and oxygen atoms in total. The second-order valence-corrected chi connectivity index (χ2v) is 6.42. The van der Waals surface area contributed by atoms with Gasteiger partial charge < -0.3 is 0 Å². The second-order valence-electron chi connectivity index (χ2n) is 6.42. The minimum Gasteiger partial charge on any atom is -0.297 e. The van der Waals surface area contributed by atoms with Crippen molar-refractivity contribution in [2.45, 2.75) is 44.6 Å². The molecular weight excluding hydrogens is 276 g/mol. The first-order valence-corrected chi connectivity index (χ1v) is 8.06. The van der Waals surface area contributed by atoms with E-state index in [9.17, 15) is 4.79 Å². The lowest BCUT2D eigenvalue weighted by molar-refractivity contribution is -0.117. The fourth-order valence-electron chi connectivity index (χ4n) is 3.34. The molecule has 0 bridgehead atoms. The van der Waals surface area contributed by atoms with Gasteiger partial charge in [0.15, 0.2) is 0 Å². The zero-order valence-corrected chi connectivity index (χ0v) is 12.5. The van der Waals surface area contributed by atoms with E-state index >= 15 is 0 Å². The van der Waals surface area contributed by atoms with Crippen molar-refractivity contribution in [3.05, 3.63) is 41.7 Å². The summed E-state index contributed by atoms with van der Waals surface area (Å²) in [7, 11) is 0. The highest BCUT2D eigenvalue weighted by molar-refractivity contribution is 5.89. The topological polar surface area (TPSA) is 59.8 Å². The number of nitrogens with zero attached hydrogens (tertiary/aromatic N) is 3. The number of fused-ring (bicyclic) bond motifs is 1. The standard InChI is InChI=1S/C17H20N4O/c22-16(19-17-20-18-11-21(17)15-7-8-15)10-12-5-6-13-3-1-2-4-14(13)9-12/h1-4,11-12,15H,5-10H2,(H,19,20,22)/t12-/m0/s1. The summed E-state index contributed by atoms with van der Waals surface area (Å²) in [6.07, 6.45) is 7.74. The van der Waals surface area contributed by atoms with Crippen molar-refractivity contribution < 1.29 is 4.79 Å². The molecule has 0 radical (unpaired) electrons. The molecule has 1 atom stereocenters. The Morgan fingerprint density at radius 1 is 1.23 bits per heavy atom. The van der Waals surface area contributed by atoms with Crippen LogP contribution in [0.1, 0.15) is 42.9 Å². The molecule has 0 saturated heterocycles. The number of benzene rings is 1. The molecule has 1 N–H and O–H groups in total. The summed E-state index contributed by atoms with van der Waals surface area (Å²) in [5, 5.41) is 10.9. The molecule has 0 spiro atoms. The van der Waals surface area contributed by atoms with E-state index in [-0.39, 0.29) is 5.91 Å². The third kappa shape index (κ3) is 2.75. The average molecular weight is 296 g/mol. The van der Waals surface area contributed by atoms with E-state index in [0.717, 1.165) is 32.1 Å². The molecule has 2 aromatic rings. The Balaban J connectivity index is 1.37. The van der Waals surface area contributed by atoms with Crippen LogP contribution in [0.2, 0.25) is 0 Å². The van der Waals surface area contributed by atoms with Crippen LogP contribution in [0.3, 0.4) is 0 Å². The van der Waals surface area contributed by atoms with Gasteiger partial charge in [-0.2, -0.15) is 0 Å². The third-order valence-electron chi connectivity index (χ3n) is 4.69. The van der Waals surface area contributed by atoms with Gasteiger partial charge in [0.25, 0.3) is 0 Å². The lowest BCUT2D eigenvalue weighted by Gasteiger charge is -2.24. The van der Waals surface area contributed by atoms with Crippen molar-refractivity contribution in [2.24, 2.45) is 5.92 Å². The number of hydrogen-bond donors (Lipinski definition) is 1. The van der Waals surface area contributed by atoms with Crippen LogP contribution >= 0.6 is 0 Å². The number of aryl methyl sites for hydroxylation is 1. The van der Waals surface area contributed by atoms with Crippen LogP contribution in [0, 0.1) is 5.92 Å². The SMILES string of the molecule is O=C(C[C@H]1CCc2ccccc2C1)Nc1nncn1C1CC1. The highest BCUT2D eigenvalue weighted by Crippen LogP contribution is 2.36. The van der Waals surface area contributed by atoms with Gasteiger partial charge >= 0.3 is 0 Å². The highest BCUT2D eigenvalue weighted by atomic mass is 16.1. The maximum Gasteiger partial charge on any atom is 0.231 e. The molecule has 0 unspecified atom stereocenters. The normalized spacial score (nSPS) is 20.5. The smallest absolute Gasteiger partial charge is 0.231 e. The van der Waals surface area contributed by atoms with Gasteiger partial charge in [0.05, 0.1) is 0 Å². The molecule has 1 fully saturated rings. The number of hydrogen-bond acceptors (Lipinski definition) is 3. The van der Waals surface area contributed by atoms with Crippen molar-refractivity contribution in [1.29, 1.82) is 0 Å². The fourth-order valence-corrected chi connectivity index (χ4v) is 3.34. The number of rotatable bonds is 4. The van der Waals surface area contributed by atoms with Crippen molar-refractivity contribution in [2.75, 3.05) is 5.32 Å². The monoisotopic (exact) mass is 296 g/mol. The van der Waals surface area contributed by atoms with Gasteiger partial charge in [-0.25, -0.2) is 0 Å². The number of anilines is 1. The zero-order chi connectivity index (χ0) is 14.9. The van der Waals surface area contributed by atoms with Crippen molar-refractivity contribution in [3.63, 3.8) is 0 Å². The van der Waals surface area contributed by atoms with Gasteiger partial charge in [0.1, 0.15) is 6.33 Å². The minimum absolute atomic E-state index is 0.0549. The van der Waals surface area contributed by atoms with Gasteiger partial charge in [-0.3, -0.25) is 14.7 Å². The summed E-state index contributed by atoms with van der Waals surface area (Å²) >= 11 is 0. The highest BCUT2D eigenvalue weighted by Gasteiger charge is 2.27. The van der Waals surface area contributed by atoms with Crippen LogP contribution in [0.15, 0.2) is 30.6 Å². The summed E-state index contributed by atoms with van der Waals surface area (Å²) in [5.74, 6) is 1.08. The predicted octanol–water partition coefficient (Wildman–Crippen LogP) is 2.75. The molecule has 1 saturated carbocycles. The minimum atomic E-state index is 0.0549. The van der Waals surface area contributed by atoms with Crippen molar-refractivity contribution >= 4 is 11.9 Å². The Morgan fingerprint density at radius 2 is 2.05 bits per heavy atom. The Bertz CT molecular complexity index is 689. The van der Waals surface area contributed by atoms with E-state index in [1.165, 1.54) is 11.1 Å². The molecule has 2 aliphatic carbocycles. The number of aromatic nitrogens is 3.